The summed E-state index contributed by atoms with van der Waals surface area (Å²) in [4.78, 5) is 28.5. The highest BCUT2D eigenvalue weighted by molar-refractivity contribution is 6.30. The fraction of sp³-hybridized carbons (Fsp3) is 0.522. The molecule has 1 aromatic heterocycles. The minimum Gasteiger partial charge on any atom is -0.369 e. The molecule has 0 saturated carbocycles. The Morgan fingerprint density at radius 1 is 1.16 bits per heavy atom. The van der Waals surface area contributed by atoms with Crippen molar-refractivity contribution in [1.82, 2.24) is 20.2 Å². The molecule has 3 heterocycles. The summed E-state index contributed by atoms with van der Waals surface area (Å²) in [5.74, 6) is 0.877. The second kappa shape index (κ2) is 10.3. The molecular formula is C23H31ClN6O. The van der Waals surface area contributed by atoms with Gasteiger partial charge < -0.3 is 15.1 Å². The fourth-order valence-corrected chi connectivity index (χ4v) is 4.53. The van der Waals surface area contributed by atoms with Crippen LogP contribution in [0.15, 0.2) is 36.5 Å². The van der Waals surface area contributed by atoms with Crippen molar-refractivity contribution in [3.8, 4) is 0 Å². The number of piperidine rings is 1. The van der Waals surface area contributed by atoms with E-state index in [1.165, 1.54) is 5.69 Å². The summed E-state index contributed by atoms with van der Waals surface area (Å²) in [7, 11) is 0. The summed E-state index contributed by atoms with van der Waals surface area (Å²) in [5, 5.41) is 3.93. The maximum atomic E-state index is 12.7. The summed E-state index contributed by atoms with van der Waals surface area (Å²) >= 11 is 6.12. The molecule has 2 fully saturated rings. The van der Waals surface area contributed by atoms with Crippen molar-refractivity contribution in [2.45, 2.75) is 19.8 Å². The molecule has 166 valence electrons. The molecule has 4 rings (SSSR count). The van der Waals surface area contributed by atoms with Crippen molar-refractivity contribution in [3.05, 3.63) is 47.2 Å². The van der Waals surface area contributed by atoms with Crippen LogP contribution in [0.4, 0.5) is 11.6 Å². The number of nitrogens with zero attached hydrogens (tertiary/aromatic N) is 5. The number of halogens is 1. The highest BCUT2D eigenvalue weighted by atomic mass is 35.5. The predicted molar refractivity (Wildman–Crippen MR) is 125 cm³/mol. The molecule has 0 radical (unpaired) electrons. The number of amides is 1. The number of piperazine rings is 1. The van der Waals surface area contributed by atoms with Crippen LogP contribution >= 0.6 is 11.6 Å². The van der Waals surface area contributed by atoms with Gasteiger partial charge in [-0.25, -0.2) is 9.97 Å². The van der Waals surface area contributed by atoms with Gasteiger partial charge in [-0.2, -0.15) is 0 Å². The number of hydrogen-bond donors (Lipinski definition) is 1. The zero-order chi connectivity index (χ0) is 21.6. The number of carbonyl (C=O) groups is 1. The van der Waals surface area contributed by atoms with Crippen molar-refractivity contribution in [1.29, 1.82) is 0 Å². The lowest BCUT2D eigenvalue weighted by molar-refractivity contribution is -0.125. The monoisotopic (exact) mass is 442 g/mol. The Morgan fingerprint density at radius 2 is 2.00 bits per heavy atom. The molecular weight excluding hydrogens is 412 g/mol. The molecule has 1 amide bonds. The Kier molecular flexibility index (Phi) is 7.25. The Morgan fingerprint density at radius 3 is 2.77 bits per heavy atom. The standard InChI is InChI=1S/C23H31ClN6O/c1-18-7-8-26-23(27-18)30-10-3-4-19(17-30)22(31)25-9-11-28-12-14-29(15-13-28)21-6-2-5-20(24)16-21/h2,5-8,16,19H,3-4,9-15,17H2,1H3,(H,25,31)/t19-/m0/s1. The molecule has 31 heavy (non-hydrogen) atoms. The minimum absolute atomic E-state index is 0.00228. The van der Waals surface area contributed by atoms with Crippen LogP contribution in [0.5, 0.6) is 0 Å². The highest BCUT2D eigenvalue weighted by Crippen LogP contribution is 2.22. The summed E-state index contributed by atoms with van der Waals surface area (Å²) in [6.45, 7) is 9.06. The summed E-state index contributed by atoms with van der Waals surface area (Å²) < 4.78 is 0. The summed E-state index contributed by atoms with van der Waals surface area (Å²) in [5.41, 5.74) is 2.13. The maximum Gasteiger partial charge on any atom is 0.225 e. The largest absolute Gasteiger partial charge is 0.369 e. The van der Waals surface area contributed by atoms with E-state index in [1.807, 2.05) is 31.2 Å². The van der Waals surface area contributed by atoms with Crippen LogP contribution in [0.2, 0.25) is 5.02 Å². The molecule has 2 aliphatic rings. The van der Waals surface area contributed by atoms with Gasteiger partial charge in [-0.15, -0.1) is 0 Å². The number of benzene rings is 1. The van der Waals surface area contributed by atoms with E-state index in [1.54, 1.807) is 6.20 Å². The van der Waals surface area contributed by atoms with Gasteiger partial charge in [0.15, 0.2) is 0 Å². The molecule has 0 spiro atoms. The molecule has 2 aliphatic heterocycles. The van der Waals surface area contributed by atoms with Gasteiger partial charge in [0.2, 0.25) is 11.9 Å². The lowest BCUT2D eigenvalue weighted by Crippen LogP contribution is -2.49. The second-order valence-electron chi connectivity index (χ2n) is 8.38. The summed E-state index contributed by atoms with van der Waals surface area (Å²) in [6, 6.07) is 9.93. The molecule has 2 saturated heterocycles. The van der Waals surface area contributed by atoms with Crippen molar-refractivity contribution < 1.29 is 4.79 Å². The van der Waals surface area contributed by atoms with E-state index in [-0.39, 0.29) is 11.8 Å². The van der Waals surface area contributed by atoms with E-state index < -0.39 is 0 Å². The number of anilines is 2. The van der Waals surface area contributed by atoms with Crippen LogP contribution < -0.4 is 15.1 Å². The van der Waals surface area contributed by atoms with E-state index in [0.717, 1.165) is 68.8 Å². The molecule has 0 aliphatic carbocycles. The summed E-state index contributed by atoms with van der Waals surface area (Å²) in [6.07, 6.45) is 3.70. The van der Waals surface area contributed by atoms with Gasteiger partial charge in [0, 0.05) is 75.0 Å². The van der Waals surface area contributed by atoms with Gasteiger partial charge in [-0.1, -0.05) is 17.7 Å². The Balaban J connectivity index is 1.19. The maximum absolute atomic E-state index is 12.7. The quantitative estimate of drug-likeness (QED) is 0.741. The number of nitrogens with one attached hydrogen (secondary N) is 1. The first kappa shape index (κ1) is 21.8. The zero-order valence-electron chi connectivity index (χ0n) is 18.1. The first-order valence-electron chi connectivity index (χ1n) is 11.1. The number of aromatic nitrogens is 2. The molecule has 0 bridgehead atoms. The number of hydrogen-bond acceptors (Lipinski definition) is 6. The predicted octanol–water partition coefficient (Wildman–Crippen LogP) is 2.59. The molecule has 0 unspecified atom stereocenters. The molecule has 1 aromatic carbocycles. The van der Waals surface area contributed by atoms with Crippen molar-refractivity contribution in [2.24, 2.45) is 5.92 Å². The first-order chi connectivity index (χ1) is 15.1. The van der Waals surface area contributed by atoms with Crippen molar-refractivity contribution >= 4 is 29.1 Å². The van der Waals surface area contributed by atoms with Crippen LogP contribution in [0.25, 0.3) is 0 Å². The van der Waals surface area contributed by atoms with E-state index in [4.69, 9.17) is 11.6 Å². The third kappa shape index (κ3) is 5.86. The molecule has 1 N–H and O–H groups in total. The fourth-order valence-electron chi connectivity index (χ4n) is 4.34. The van der Waals surface area contributed by atoms with Crippen molar-refractivity contribution in [3.63, 3.8) is 0 Å². The van der Waals surface area contributed by atoms with E-state index in [2.05, 4.69) is 36.1 Å². The lowest BCUT2D eigenvalue weighted by Gasteiger charge is -2.36. The number of rotatable bonds is 6. The van der Waals surface area contributed by atoms with Gasteiger partial charge in [-0.05, 0) is 44.0 Å². The minimum atomic E-state index is -0.00228. The SMILES string of the molecule is Cc1ccnc(N2CCC[C@H](C(=O)NCCN3CCN(c4cccc(Cl)c4)CC3)C2)n1. The molecule has 8 heteroatoms. The Bertz CT molecular complexity index is 886. The second-order valence-corrected chi connectivity index (χ2v) is 8.82. The average Bonchev–Trinajstić information content (AvgIpc) is 2.79. The van der Waals surface area contributed by atoms with Crippen LogP contribution in [0.3, 0.4) is 0 Å². The van der Waals surface area contributed by atoms with E-state index in [0.29, 0.717) is 13.1 Å². The van der Waals surface area contributed by atoms with Crippen LogP contribution in [-0.4, -0.2) is 73.1 Å². The number of carbonyl (C=O) groups excluding carboxylic acids is 1. The van der Waals surface area contributed by atoms with Crippen molar-refractivity contribution in [2.75, 3.05) is 62.2 Å². The van der Waals surface area contributed by atoms with Crippen LogP contribution in [-0.2, 0) is 4.79 Å². The van der Waals surface area contributed by atoms with E-state index in [9.17, 15) is 4.79 Å². The Labute approximate surface area is 189 Å². The average molecular weight is 443 g/mol. The number of aryl methyl sites for hydroxylation is 1. The third-order valence-corrected chi connectivity index (χ3v) is 6.37. The van der Waals surface area contributed by atoms with Gasteiger partial charge in [0.25, 0.3) is 0 Å². The van der Waals surface area contributed by atoms with Crippen LogP contribution in [0, 0.1) is 12.8 Å². The topological polar surface area (TPSA) is 64.6 Å². The van der Waals surface area contributed by atoms with Gasteiger partial charge in [-0.3, -0.25) is 9.69 Å². The molecule has 2 aromatic rings. The lowest BCUT2D eigenvalue weighted by atomic mass is 9.97. The normalized spacial score (nSPS) is 20.0. The first-order valence-corrected chi connectivity index (χ1v) is 11.5. The van der Waals surface area contributed by atoms with Gasteiger partial charge in [0.05, 0.1) is 5.92 Å². The highest BCUT2D eigenvalue weighted by Gasteiger charge is 2.27. The molecule has 1 atom stereocenters. The smallest absolute Gasteiger partial charge is 0.225 e. The van der Waals surface area contributed by atoms with Gasteiger partial charge in [0.1, 0.15) is 0 Å². The molecule has 7 nitrogen and oxygen atoms in total. The van der Waals surface area contributed by atoms with E-state index >= 15 is 0 Å². The van der Waals surface area contributed by atoms with Gasteiger partial charge >= 0.3 is 0 Å². The third-order valence-electron chi connectivity index (χ3n) is 6.13. The zero-order valence-corrected chi connectivity index (χ0v) is 18.9. The Hall–Kier alpha value is -2.38. The van der Waals surface area contributed by atoms with Crippen LogP contribution in [0.1, 0.15) is 18.5 Å².